The van der Waals surface area contributed by atoms with Crippen LogP contribution < -0.4 is 0 Å². The molecule has 2 aromatic rings. The SMILES string of the molecule is CC(C)(c1cccc(O)c1)c1cc(Br)cc([N+](=O)[O-])c1. The van der Waals surface area contributed by atoms with Gasteiger partial charge in [0.05, 0.1) is 4.92 Å². The fraction of sp³-hybridized carbons (Fsp3) is 0.200. The third-order valence-electron chi connectivity index (χ3n) is 3.38. The van der Waals surface area contributed by atoms with E-state index >= 15 is 0 Å². The summed E-state index contributed by atoms with van der Waals surface area (Å²) in [6, 6.07) is 11.8. The molecule has 0 saturated heterocycles. The lowest BCUT2D eigenvalue weighted by Crippen LogP contribution is -2.19. The predicted octanol–water partition coefficient (Wildman–Crippen LogP) is 4.39. The Balaban J connectivity index is 2.56. The molecule has 2 aromatic carbocycles. The molecule has 0 aliphatic heterocycles. The van der Waals surface area contributed by atoms with Crippen LogP contribution in [0, 0.1) is 10.1 Å². The molecule has 104 valence electrons. The number of benzene rings is 2. The van der Waals surface area contributed by atoms with Crippen molar-refractivity contribution < 1.29 is 10.0 Å². The van der Waals surface area contributed by atoms with Crippen LogP contribution in [0.25, 0.3) is 0 Å². The minimum absolute atomic E-state index is 0.0441. The first-order valence-corrected chi connectivity index (χ1v) is 6.85. The minimum atomic E-state index is -0.451. The first-order valence-electron chi connectivity index (χ1n) is 6.05. The van der Waals surface area contributed by atoms with Crippen molar-refractivity contribution >= 4 is 21.6 Å². The molecule has 4 nitrogen and oxygen atoms in total. The van der Waals surface area contributed by atoms with Gasteiger partial charge < -0.3 is 5.11 Å². The van der Waals surface area contributed by atoms with Crippen molar-refractivity contribution in [1.29, 1.82) is 0 Å². The number of hydrogen-bond acceptors (Lipinski definition) is 3. The number of rotatable bonds is 3. The molecule has 0 aromatic heterocycles. The van der Waals surface area contributed by atoms with Crippen molar-refractivity contribution in [3.63, 3.8) is 0 Å². The highest BCUT2D eigenvalue weighted by molar-refractivity contribution is 9.10. The van der Waals surface area contributed by atoms with E-state index in [1.807, 2.05) is 26.0 Å². The average Bonchev–Trinajstić information content (AvgIpc) is 2.38. The van der Waals surface area contributed by atoms with Crippen LogP contribution in [-0.2, 0) is 5.41 Å². The predicted molar refractivity (Wildman–Crippen MR) is 81.0 cm³/mol. The molecular weight excluding hydrogens is 322 g/mol. The second-order valence-corrected chi connectivity index (χ2v) is 6.05. The molecule has 0 saturated carbocycles. The Bertz CT molecular complexity index is 668. The lowest BCUT2D eigenvalue weighted by atomic mass is 9.78. The number of hydrogen-bond donors (Lipinski definition) is 1. The molecule has 0 spiro atoms. The van der Waals surface area contributed by atoms with E-state index in [0.717, 1.165) is 11.1 Å². The van der Waals surface area contributed by atoms with E-state index in [1.165, 1.54) is 6.07 Å². The lowest BCUT2D eigenvalue weighted by molar-refractivity contribution is -0.385. The summed E-state index contributed by atoms with van der Waals surface area (Å²) in [5.74, 6) is 0.181. The monoisotopic (exact) mass is 335 g/mol. The van der Waals surface area contributed by atoms with E-state index in [4.69, 9.17) is 0 Å². The maximum Gasteiger partial charge on any atom is 0.270 e. The van der Waals surface area contributed by atoms with E-state index in [1.54, 1.807) is 24.3 Å². The van der Waals surface area contributed by atoms with Gasteiger partial charge in [-0.15, -0.1) is 0 Å². The lowest BCUT2D eigenvalue weighted by Gasteiger charge is -2.26. The Labute approximate surface area is 125 Å². The van der Waals surface area contributed by atoms with Crippen LogP contribution in [0.3, 0.4) is 0 Å². The quantitative estimate of drug-likeness (QED) is 0.668. The summed E-state index contributed by atoms with van der Waals surface area (Å²) in [5, 5.41) is 20.6. The summed E-state index contributed by atoms with van der Waals surface area (Å²) >= 11 is 3.31. The van der Waals surface area contributed by atoms with E-state index in [9.17, 15) is 15.2 Å². The average molecular weight is 336 g/mol. The van der Waals surface area contributed by atoms with Crippen LogP contribution >= 0.6 is 15.9 Å². The zero-order chi connectivity index (χ0) is 14.9. The molecule has 1 N–H and O–H groups in total. The largest absolute Gasteiger partial charge is 0.508 e. The van der Waals surface area contributed by atoms with Gasteiger partial charge in [0.1, 0.15) is 5.75 Å². The highest BCUT2D eigenvalue weighted by Crippen LogP contribution is 2.36. The van der Waals surface area contributed by atoms with Crippen LogP contribution in [0.1, 0.15) is 25.0 Å². The summed E-state index contributed by atoms with van der Waals surface area (Å²) in [4.78, 5) is 10.6. The van der Waals surface area contributed by atoms with Crippen molar-refractivity contribution in [3.8, 4) is 5.75 Å². The summed E-state index contributed by atoms with van der Waals surface area (Å²) in [6.45, 7) is 3.93. The maximum atomic E-state index is 11.0. The number of phenols is 1. The van der Waals surface area contributed by atoms with Gasteiger partial charge in [-0.25, -0.2) is 0 Å². The van der Waals surface area contributed by atoms with Crippen molar-refractivity contribution in [2.24, 2.45) is 0 Å². The molecule has 0 heterocycles. The molecule has 0 atom stereocenters. The van der Waals surface area contributed by atoms with Gasteiger partial charge in [0, 0.05) is 22.0 Å². The first kappa shape index (κ1) is 14.5. The van der Waals surface area contributed by atoms with Crippen LogP contribution in [-0.4, -0.2) is 10.0 Å². The molecular formula is C15H14BrNO3. The third-order valence-corrected chi connectivity index (χ3v) is 3.84. The molecule has 0 radical (unpaired) electrons. The zero-order valence-corrected chi connectivity index (χ0v) is 12.7. The van der Waals surface area contributed by atoms with Crippen LogP contribution in [0.2, 0.25) is 0 Å². The second-order valence-electron chi connectivity index (χ2n) is 5.13. The normalized spacial score (nSPS) is 11.3. The fourth-order valence-electron chi connectivity index (χ4n) is 2.10. The van der Waals surface area contributed by atoms with Gasteiger partial charge in [-0.3, -0.25) is 10.1 Å². The van der Waals surface area contributed by atoms with Gasteiger partial charge in [0.15, 0.2) is 0 Å². The topological polar surface area (TPSA) is 63.4 Å². The highest BCUT2D eigenvalue weighted by Gasteiger charge is 2.26. The number of phenolic OH excluding ortho intramolecular Hbond substituents is 1. The van der Waals surface area contributed by atoms with Gasteiger partial charge in [0.2, 0.25) is 0 Å². The summed E-state index contributed by atoms with van der Waals surface area (Å²) in [6.07, 6.45) is 0. The Morgan fingerprint density at radius 2 is 1.85 bits per heavy atom. The Morgan fingerprint density at radius 1 is 1.15 bits per heavy atom. The van der Waals surface area contributed by atoms with Crippen molar-refractivity contribution in [1.82, 2.24) is 0 Å². The Hall–Kier alpha value is -1.88. The molecule has 2 rings (SSSR count). The summed E-state index contributed by atoms with van der Waals surface area (Å²) in [5.41, 5.74) is 1.30. The highest BCUT2D eigenvalue weighted by atomic mass is 79.9. The standard InChI is InChI=1S/C15H14BrNO3/c1-15(2,10-4-3-5-14(18)8-10)11-6-12(16)9-13(7-11)17(19)20/h3-9,18H,1-2H3. The molecule has 0 aliphatic rings. The Kier molecular flexibility index (Phi) is 3.81. The molecule has 0 fully saturated rings. The molecule has 0 aliphatic carbocycles. The first-order chi connectivity index (χ1) is 9.30. The van der Waals surface area contributed by atoms with E-state index in [2.05, 4.69) is 15.9 Å². The number of non-ortho nitro benzene ring substituents is 1. The number of nitro benzene ring substituents is 1. The van der Waals surface area contributed by atoms with Crippen LogP contribution in [0.15, 0.2) is 46.9 Å². The van der Waals surface area contributed by atoms with Gasteiger partial charge in [0.25, 0.3) is 5.69 Å². The molecule has 5 heteroatoms. The number of nitro groups is 1. The van der Waals surface area contributed by atoms with E-state index in [-0.39, 0.29) is 11.4 Å². The zero-order valence-electron chi connectivity index (χ0n) is 11.1. The molecule has 20 heavy (non-hydrogen) atoms. The third kappa shape index (κ3) is 2.82. The number of halogens is 1. The Morgan fingerprint density at radius 3 is 2.45 bits per heavy atom. The van der Waals surface area contributed by atoms with Gasteiger partial charge in [-0.05, 0) is 29.3 Å². The van der Waals surface area contributed by atoms with E-state index in [0.29, 0.717) is 4.47 Å². The van der Waals surface area contributed by atoms with Gasteiger partial charge in [-0.2, -0.15) is 0 Å². The minimum Gasteiger partial charge on any atom is -0.508 e. The molecule has 0 unspecified atom stereocenters. The maximum absolute atomic E-state index is 11.0. The number of nitrogens with zero attached hydrogens (tertiary/aromatic N) is 1. The summed E-state index contributed by atoms with van der Waals surface area (Å²) < 4.78 is 0.662. The van der Waals surface area contributed by atoms with Crippen molar-refractivity contribution in [2.45, 2.75) is 19.3 Å². The summed E-state index contributed by atoms with van der Waals surface area (Å²) in [7, 11) is 0. The van der Waals surface area contributed by atoms with Crippen LogP contribution in [0.4, 0.5) is 5.69 Å². The van der Waals surface area contributed by atoms with Crippen LogP contribution in [0.5, 0.6) is 5.75 Å². The molecule has 0 amide bonds. The van der Waals surface area contributed by atoms with Crippen molar-refractivity contribution in [3.05, 3.63) is 68.2 Å². The second kappa shape index (κ2) is 5.25. The van der Waals surface area contributed by atoms with Crippen molar-refractivity contribution in [2.75, 3.05) is 0 Å². The smallest absolute Gasteiger partial charge is 0.270 e. The van der Waals surface area contributed by atoms with E-state index < -0.39 is 10.3 Å². The fourth-order valence-corrected chi connectivity index (χ4v) is 2.58. The number of aromatic hydroxyl groups is 1. The van der Waals surface area contributed by atoms with Gasteiger partial charge >= 0.3 is 0 Å². The van der Waals surface area contributed by atoms with Gasteiger partial charge in [-0.1, -0.05) is 41.9 Å². The molecule has 0 bridgehead atoms.